The van der Waals surface area contributed by atoms with Crippen LogP contribution in [0, 0.1) is 0 Å². The van der Waals surface area contributed by atoms with Gasteiger partial charge < -0.3 is 5.32 Å². The molecule has 0 unspecified atom stereocenters. The van der Waals surface area contributed by atoms with Gasteiger partial charge in [-0.15, -0.1) is 5.10 Å². The van der Waals surface area contributed by atoms with Crippen LogP contribution in [0.5, 0.6) is 0 Å². The van der Waals surface area contributed by atoms with E-state index in [1.165, 1.54) is 0 Å². The first-order valence-electron chi connectivity index (χ1n) is 6.57. The highest BCUT2D eigenvalue weighted by molar-refractivity contribution is 7.92. The van der Waals surface area contributed by atoms with E-state index in [-0.39, 0.29) is 22.6 Å². The van der Waals surface area contributed by atoms with Crippen LogP contribution in [-0.4, -0.2) is 40.5 Å². The van der Waals surface area contributed by atoms with Crippen LogP contribution in [0.3, 0.4) is 0 Å². The molecule has 1 fully saturated rings. The summed E-state index contributed by atoms with van der Waals surface area (Å²) in [6.45, 7) is 8.51. The first-order valence-corrected chi connectivity index (χ1v) is 8.28. The van der Waals surface area contributed by atoms with Crippen LogP contribution in [0.15, 0.2) is 6.20 Å². The van der Waals surface area contributed by atoms with E-state index in [0.717, 1.165) is 5.69 Å². The monoisotopic (exact) mass is 286 g/mol. The van der Waals surface area contributed by atoms with Gasteiger partial charge in [0.25, 0.3) is 0 Å². The lowest BCUT2D eigenvalue weighted by Gasteiger charge is -2.17. The molecule has 1 N–H and O–H groups in total. The van der Waals surface area contributed by atoms with Crippen molar-refractivity contribution in [2.45, 2.75) is 57.5 Å². The smallest absolute Gasteiger partial charge is 0.154 e. The van der Waals surface area contributed by atoms with Crippen molar-refractivity contribution in [1.29, 1.82) is 0 Å². The first kappa shape index (κ1) is 14.5. The molecule has 0 spiro atoms. The van der Waals surface area contributed by atoms with Crippen LogP contribution in [0.4, 0.5) is 0 Å². The lowest BCUT2D eigenvalue weighted by molar-refractivity contribution is 0.346. The van der Waals surface area contributed by atoms with Crippen LogP contribution in [0.1, 0.15) is 39.8 Å². The lowest BCUT2D eigenvalue weighted by atomic mass is 10.1. The zero-order valence-electron chi connectivity index (χ0n) is 11.9. The van der Waals surface area contributed by atoms with Gasteiger partial charge in [-0.2, -0.15) is 0 Å². The van der Waals surface area contributed by atoms with Crippen molar-refractivity contribution in [3.63, 3.8) is 0 Å². The maximum absolute atomic E-state index is 11.6. The van der Waals surface area contributed by atoms with Crippen molar-refractivity contribution in [3.05, 3.63) is 11.9 Å². The van der Waals surface area contributed by atoms with Gasteiger partial charge in [0.05, 0.1) is 28.4 Å². The summed E-state index contributed by atoms with van der Waals surface area (Å²) in [5.74, 6) is 0.278. The molecule has 7 heteroatoms. The fourth-order valence-electron chi connectivity index (χ4n) is 2.17. The Morgan fingerprint density at radius 2 is 2.16 bits per heavy atom. The van der Waals surface area contributed by atoms with Gasteiger partial charge in [0.15, 0.2) is 9.84 Å². The number of nitrogens with one attached hydrogen (secondary N) is 1. The number of nitrogens with zero attached hydrogens (tertiary/aromatic N) is 3. The summed E-state index contributed by atoms with van der Waals surface area (Å²) in [5.41, 5.74) is 0.751. The number of sulfone groups is 1. The quantitative estimate of drug-likeness (QED) is 0.885. The molecule has 1 aliphatic rings. The Morgan fingerprint density at radius 3 is 2.63 bits per heavy atom. The molecule has 1 aromatic rings. The number of aromatic nitrogens is 3. The summed E-state index contributed by atoms with van der Waals surface area (Å²) >= 11 is 0. The Morgan fingerprint density at radius 1 is 1.47 bits per heavy atom. The van der Waals surface area contributed by atoms with Crippen LogP contribution in [0.25, 0.3) is 0 Å². The summed E-state index contributed by atoms with van der Waals surface area (Å²) < 4.78 is 25.1. The van der Waals surface area contributed by atoms with Gasteiger partial charge in [0, 0.05) is 12.6 Å². The van der Waals surface area contributed by atoms with Crippen molar-refractivity contribution in [1.82, 2.24) is 20.3 Å². The van der Waals surface area contributed by atoms with E-state index in [0.29, 0.717) is 13.0 Å². The second-order valence-electron chi connectivity index (χ2n) is 6.17. The maximum atomic E-state index is 11.6. The molecule has 0 aromatic carbocycles. The fourth-order valence-corrected chi connectivity index (χ4v) is 3.86. The third kappa shape index (κ3) is 3.14. The predicted octanol–water partition coefficient (Wildman–Crippen LogP) is 0.698. The Kier molecular flexibility index (Phi) is 3.70. The van der Waals surface area contributed by atoms with Crippen molar-refractivity contribution in [2.75, 3.05) is 5.75 Å². The summed E-state index contributed by atoms with van der Waals surface area (Å²) in [6, 6.07) is 0.0183. The van der Waals surface area contributed by atoms with E-state index in [2.05, 4.69) is 36.4 Å². The molecular formula is C12H22N4O2S. The number of rotatable bonds is 3. The van der Waals surface area contributed by atoms with E-state index in [4.69, 9.17) is 0 Å². The molecule has 1 aliphatic heterocycles. The molecule has 0 bridgehead atoms. The highest BCUT2D eigenvalue weighted by Crippen LogP contribution is 2.20. The Labute approximate surface area is 114 Å². The minimum Gasteiger partial charge on any atom is -0.307 e. The van der Waals surface area contributed by atoms with Crippen molar-refractivity contribution >= 4 is 9.84 Å². The molecular weight excluding hydrogens is 264 g/mol. The van der Waals surface area contributed by atoms with Gasteiger partial charge in [-0.05, 0) is 34.1 Å². The van der Waals surface area contributed by atoms with E-state index < -0.39 is 9.84 Å². The van der Waals surface area contributed by atoms with E-state index in [9.17, 15) is 8.42 Å². The molecule has 19 heavy (non-hydrogen) atoms. The van der Waals surface area contributed by atoms with Gasteiger partial charge in [0.1, 0.15) is 0 Å². The minimum absolute atomic E-state index is 0.0183. The zero-order chi connectivity index (χ0) is 14.3. The van der Waals surface area contributed by atoms with Gasteiger partial charge in [-0.25, -0.2) is 13.1 Å². The Bertz CT molecular complexity index is 544. The molecule has 0 saturated carbocycles. The molecule has 0 aliphatic carbocycles. The zero-order valence-corrected chi connectivity index (χ0v) is 12.7. The molecule has 1 saturated heterocycles. The molecule has 108 valence electrons. The van der Waals surface area contributed by atoms with Crippen LogP contribution in [0.2, 0.25) is 0 Å². The molecule has 2 heterocycles. The standard InChI is InChI=1S/C12H22N4O2S/c1-9-11(5-6-19(9,17)18)13-7-10-8-16(15-14-10)12(2,3)4/h8-9,11,13H,5-7H2,1-4H3/t9-,11-/m0/s1. The van der Waals surface area contributed by atoms with Gasteiger partial charge in [-0.1, -0.05) is 5.21 Å². The molecule has 6 nitrogen and oxygen atoms in total. The number of hydrogen-bond donors (Lipinski definition) is 1. The molecule has 0 radical (unpaired) electrons. The topological polar surface area (TPSA) is 76.9 Å². The van der Waals surface area contributed by atoms with Crippen LogP contribution < -0.4 is 5.32 Å². The minimum atomic E-state index is -2.90. The normalized spacial score (nSPS) is 26.7. The highest BCUT2D eigenvalue weighted by Gasteiger charge is 2.36. The van der Waals surface area contributed by atoms with Crippen LogP contribution >= 0.6 is 0 Å². The summed E-state index contributed by atoms with van der Waals surface area (Å²) in [6.07, 6.45) is 2.58. The van der Waals surface area contributed by atoms with Crippen molar-refractivity contribution < 1.29 is 8.42 Å². The fraction of sp³-hybridized carbons (Fsp3) is 0.833. The average molecular weight is 286 g/mol. The third-order valence-corrected chi connectivity index (χ3v) is 5.89. The van der Waals surface area contributed by atoms with Crippen molar-refractivity contribution in [2.24, 2.45) is 0 Å². The maximum Gasteiger partial charge on any atom is 0.154 e. The SMILES string of the molecule is C[C@H]1[C@@H](NCc2cn(C(C)(C)C)nn2)CCS1(=O)=O. The average Bonchev–Trinajstić information content (AvgIpc) is 2.84. The van der Waals surface area contributed by atoms with E-state index >= 15 is 0 Å². The molecule has 2 atom stereocenters. The largest absolute Gasteiger partial charge is 0.307 e. The molecule has 0 amide bonds. The number of hydrogen-bond acceptors (Lipinski definition) is 5. The summed E-state index contributed by atoms with van der Waals surface area (Å²) in [5, 5.41) is 11.2. The third-order valence-electron chi connectivity index (χ3n) is 3.62. The van der Waals surface area contributed by atoms with Crippen LogP contribution in [-0.2, 0) is 21.9 Å². The second-order valence-corrected chi connectivity index (χ2v) is 8.65. The highest BCUT2D eigenvalue weighted by atomic mass is 32.2. The Hall–Kier alpha value is -0.950. The first-order chi connectivity index (χ1) is 8.70. The van der Waals surface area contributed by atoms with Crippen molar-refractivity contribution in [3.8, 4) is 0 Å². The molecule has 2 rings (SSSR count). The van der Waals surface area contributed by atoms with Gasteiger partial charge >= 0.3 is 0 Å². The summed E-state index contributed by atoms with van der Waals surface area (Å²) in [7, 11) is -2.90. The van der Waals surface area contributed by atoms with E-state index in [1.807, 2.05) is 10.9 Å². The Balaban J connectivity index is 1.95. The lowest BCUT2D eigenvalue weighted by Crippen LogP contribution is -2.36. The summed E-state index contributed by atoms with van der Waals surface area (Å²) in [4.78, 5) is 0. The van der Waals surface area contributed by atoms with Gasteiger partial charge in [0.2, 0.25) is 0 Å². The molecule has 1 aromatic heterocycles. The predicted molar refractivity (Wildman–Crippen MR) is 73.5 cm³/mol. The second kappa shape index (κ2) is 4.86. The van der Waals surface area contributed by atoms with E-state index in [1.54, 1.807) is 6.92 Å². The van der Waals surface area contributed by atoms with Gasteiger partial charge in [-0.3, -0.25) is 0 Å².